The molecule has 1 aromatic rings. The van der Waals surface area contributed by atoms with Crippen LogP contribution in [0.15, 0.2) is 24.3 Å². The van der Waals surface area contributed by atoms with Crippen LogP contribution in [0.3, 0.4) is 0 Å². The van der Waals surface area contributed by atoms with Gasteiger partial charge in [0, 0.05) is 13.2 Å². The highest BCUT2D eigenvalue weighted by Crippen LogP contribution is 2.12. The Bertz CT molecular complexity index is 322. The van der Waals surface area contributed by atoms with Crippen LogP contribution in [0.5, 0.6) is 5.75 Å². The molecule has 108 valence electrons. The van der Waals surface area contributed by atoms with Crippen molar-refractivity contribution in [1.29, 1.82) is 0 Å². The molecule has 0 amide bonds. The average Bonchev–Trinajstić information content (AvgIpc) is 2.41. The Labute approximate surface area is 117 Å². The summed E-state index contributed by atoms with van der Waals surface area (Å²) < 4.78 is 11.0. The molecule has 1 N–H and O–H groups in total. The second kappa shape index (κ2) is 9.82. The number of benzene rings is 1. The number of rotatable bonds is 10. The van der Waals surface area contributed by atoms with Crippen LogP contribution in [-0.2, 0) is 11.3 Å². The van der Waals surface area contributed by atoms with Gasteiger partial charge in [0.15, 0.2) is 0 Å². The maximum Gasteiger partial charge on any atom is 0.119 e. The molecule has 19 heavy (non-hydrogen) atoms. The third-order valence-electron chi connectivity index (χ3n) is 2.67. The van der Waals surface area contributed by atoms with Crippen molar-refractivity contribution < 1.29 is 9.47 Å². The van der Waals surface area contributed by atoms with Crippen LogP contribution in [0.2, 0.25) is 0 Å². The molecule has 0 bridgehead atoms. The maximum atomic E-state index is 5.55. The lowest BCUT2D eigenvalue weighted by Gasteiger charge is -2.09. The Kier molecular flexibility index (Phi) is 8.26. The lowest BCUT2D eigenvalue weighted by molar-refractivity contribution is 0.0770. The van der Waals surface area contributed by atoms with E-state index in [1.165, 1.54) is 5.56 Å². The highest BCUT2D eigenvalue weighted by Gasteiger charge is 1.96. The largest absolute Gasteiger partial charge is 0.494 e. The van der Waals surface area contributed by atoms with Crippen LogP contribution in [0.4, 0.5) is 0 Å². The molecule has 0 aliphatic heterocycles. The molecule has 0 aliphatic carbocycles. The molecular weight excluding hydrogens is 238 g/mol. The van der Waals surface area contributed by atoms with E-state index >= 15 is 0 Å². The molecule has 0 aromatic heterocycles. The minimum atomic E-state index is 0.329. The van der Waals surface area contributed by atoms with Crippen molar-refractivity contribution in [2.24, 2.45) is 0 Å². The summed E-state index contributed by atoms with van der Waals surface area (Å²) in [6, 6.07) is 8.30. The van der Waals surface area contributed by atoms with Crippen LogP contribution in [0.1, 0.15) is 39.2 Å². The smallest absolute Gasteiger partial charge is 0.119 e. The molecule has 1 rings (SSSR count). The third-order valence-corrected chi connectivity index (χ3v) is 2.67. The van der Waals surface area contributed by atoms with Gasteiger partial charge >= 0.3 is 0 Å². The molecule has 3 heteroatoms. The van der Waals surface area contributed by atoms with E-state index in [0.717, 1.165) is 44.9 Å². The van der Waals surface area contributed by atoms with E-state index in [4.69, 9.17) is 9.47 Å². The van der Waals surface area contributed by atoms with E-state index in [2.05, 4.69) is 38.2 Å². The van der Waals surface area contributed by atoms with Gasteiger partial charge in [-0.3, -0.25) is 0 Å². The van der Waals surface area contributed by atoms with E-state index in [0.29, 0.717) is 6.10 Å². The zero-order valence-electron chi connectivity index (χ0n) is 12.4. The van der Waals surface area contributed by atoms with Crippen molar-refractivity contribution >= 4 is 0 Å². The Morgan fingerprint density at radius 3 is 2.47 bits per heavy atom. The van der Waals surface area contributed by atoms with Crippen molar-refractivity contribution in [2.75, 3.05) is 19.8 Å². The summed E-state index contributed by atoms with van der Waals surface area (Å²) in [5.41, 5.74) is 1.29. The van der Waals surface area contributed by atoms with Gasteiger partial charge in [0.25, 0.3) is 0 Å². The SMILES string of the molecule is CCCOc1ccc(CNCCCOC(C)C)cc1. The van der Waals surface area contributed by atoms with Crippen LogP contribution in [0.25, 0.3) is 0 Å². The zero-order chi connectivity index (χ0) is 13.9. The first-order valence-corrected chi connectivity index (χ1v) is 7.26. The van der Waals surface area contributed by atoms with Gasteiger partial charge in [0.1, 0.15) is 5.75 Å². The summed E-state index contributed by atoms with van der Waals surface area (Å²) in [6.07, 6.45) is 2.42. The Morgan fingerprint density at radius 2 is 1.84 bits per heavy atom. The number of hydrogen-bond acceptors (Lipinski definition) is 3. The van der Waals surface area contributed by atoms with Crippen molar-refractivity contribution in [3.05, 3.63) is 29.8 Å². The number of ether oxygens (including phenoxy) is 2. The Hall–Kier alpha value is -1.06. The van der Waals surface area contributed by atoms with Gasteiger partial charge in [-0.15, -0.1) is 0 Å². The van der Waals surface area contributed by atoms with Crippen LogP contribution >= 0.6 is 0 Å². The fourth-order valence-electron chi connectivity index (χ4n) is 1.67. The van der Waals surface area contributed by atoms with E-state index in [1.807, 2.05) is 12.1 Å². The van der Waals surface area contributed by atoms with Gasteiger partial charge in [0.05, 0.1) is 12.7 Å². The van der Waals surface area contributed by atoms with Crippen molar-refractivity contribution in [3.63, 3.8) is 0 Å². The molecular formula is C16H27NO2. The predicted molar refractivity (Wildman–Crippen MR) is 79.6 cm³/mol. The summed E-state index contributed by atoms with van der Waals surface area (Å²) in [5.74, 6) is 0.955. The lowest BCUT2D eigenvalue weighted by Crippen LogP contribution is -2.17. The zero-order valence-corrected chi connectivity index (χ0v) is 12.4. The standard InChI is InChI=1S/C16H27NO2/c1-4-11-19-16-8-6-15(7-9-16)13-17-10-5-12-18-14(2)3/h6-9,14,17H,4-5,10-13H2,1-3H3. The van der Waals surface area contributed by atoms with Gasteiger partial charge in [0.2, 0.25) is 0 Å². The fraction of sp³-hybridized carbons (Fsp3) is 0.625. The van der Waals surface area contributed by atoms with Gasteiger partial charge in [-0.1, -0.05) is 19.1 Å². The molecule has 0 atom stereocenters. The minimum Gasteiger partial charge on any atom is -0.494 e. The minimum absolute atomic E-state index is 0.329. The van der Waals surface area contributed by atoms with Gasteiger partial charge in [-0.25, -0.2) is 0 Å². The molecule has 0 radical (unpaired) electrons. The fourth-order valence-corrected chi connectivity index (χ4v) is 1.67. The summed E-state index contributed by atoms with van der Waals surface area (Å²) in [5, 5.41) is 3.42. The highest BCUT2D eigenvalue weighted by atomic mass is 16.5. The summed E-state index contributed by atoms with van der Waals surface area (Å²) >= 11 is 0. The van der Waals surface area contributed by atoms with Gasteiger partial charge in [-0.05, 0) is 50.9 Å². The Balaban J connectivity index is 2.12. The van der Waals surface area contributed by atoms with E-state index < -0.39 is 0 Å². The lowest BCUT2D eigenvalue weighted by atomic mass is 10.2. The van der Waals surface area contributed by atoms with Crippen molar-refractivity contribution in [2.45, 2.75) is 46.3 Å². The molecule has 3 nitrogen and oxygen atoms in total. The summed E-state index contributed by atoms with van der Waals surface area (Å²) in [6.45, 7) is 9.74. The first-order valence-electron chi connectivity index (χ1n) is 7.26. The van der Waals surface area contributed by atoms with Gasteiger partial charge < -0.3 is 14.8 Å². The topological polar surface area (TPSA) is 30.5 Å². The monoisotopic (exact) mass is 265 g/mol. The highest BCUT2D eigenvalue weighted by molar-refractivity contribution is 5.27. The molecule has 0 unspecified atom stereocenters. The van der Waals surface area contributed by atoms with Crippen molar-refractivity contribution in [3.8, 4) is 5.75 Å². The molecule has 0 aliphatic rings. The van der Waals surface area contributed by atoms with Crippen molar-refractivity contribution in [1.82, 2.24) is 5.32 Å². The van der Waals surface area contributed by atoms with Gasteiger partial charge in [-0.2, -0.15) is 0 Å². The third kappa shape index (κ3) is 7.85. The second-order valence-electron chi connectivity index (χ2n) is 4.94. The molecule has 0 saturated heterocycles. The molecule has 0 spiro atoms. The first kappa shape index (κ1) is 16.0. The summed E-state index contributed by atoms with van der Waals surface area (Å²) in [4.78, 5) is 0. The normalized spacial score (nSPS) is 10.9. The predicted octanol–water partition coefficient (Wildman–Crippen LogP) is 3.38. The molecule has 0 saturated carbocycles. The number of hydrogen-bond donors (Lipinski definition) is 1. The second-order valence-corrected chi connectivity index (χ2v) is 4.94. The molecule has 0 fully saturated rings. The molecule has 1 aromatic carbocycles. The first-order chi connectivity index (χ1) is 9.22. The van der Waals surface area contributed by atoms with Crippen LogP contribution in [0, 0.1) is 0 Å². The Morgan fingerprint density at radius 1 is 1.11 bits per heavy atom. The van der Waals surface area contributed by atoms with Crippen LogP contribution < -0.4 is 10.1 Å². The number of nitrogens with one attached hydrogen (secondary N) is 1. The quantitative estimate of drug-likeness (QED) is 0.658. The molecule has 0 heterocycles. The summed E-state index contributed by atoms with van der Waals surface area (Å²) in [7, 11) is 0. The van der Waals surface area contributed by atoms with E-state index in [1.54, 1.807) is 0 Å². The van der Waals surface area contributed by atoms with Crippen LogP contribution in [-0.4, -0.2) is 25.9 Å². The maximum absolute atomic E-state index is 5.55. The van der Waals surface area contributed by atoms with E-state index in [-0.39, 0.29) is 0 Å². The van der Waals surface area contributed by atoms with E-state index in [9.17, 15) is 0 Å². The average molecular weight is 265 g/mol.